The zero-order chi connectivity index (χ0) is 18.1. The Hall–Kier alpha value is -3.13. The van der Waals surface area contributed by atoms with E-state index < -0.39 is 5.97 Å². The summed E-state index contributed by atoms with van der Waals surface area (Å²) in [6.07, 6.45) is 3.25. The molecule has 128 valence electrons. The number of amides is 1. The van der Waals surface area contributed by atoms with Gasteiger partial charge in [-0.2, -0.15) is 0 Å². The second-order valence-electron chi connectivity index (χ2n) is 4.63. The van der Waals surface area contributed by atoms with Crippen LogP contribution in [0.15, 0.2) is 54.2 Å². The van der Waals surface area contributed by atoms with Crippen molar-refractivity contribution in [2.24, 2.45) is 0 Å². The Balaban J connectivity index is 0.000000186. The lowest BCUT2D eigenvalue weighted by Gasteiger charge is -1.98. The molecule has 7 nitrogen and oxygen atoms in total. The van der Waals surface area contributed by atoms with Crippen molar-refractivity contribution in [2.75, 3.05) is 6.54 Å². The van der Waals surface area contributed by atoms with Crippen molar-refractivity contribution >= 4 is 23.2 Å². The number of hydrogen-bond donors (Lipinski definition) is 2. The second kappa shape index (κ2) is 9.24. The molecule has 1 amide bonds. The van der Waals surface area contributed by atoms with Crippen LogP contribution in [-0.2, 0) is 0 Å². The molecule has 0 fully saturated rings. The number of nitrogens with zero attached hydrogens (tertiary/aromatic N) is 3. The fraction of sp³-hybridized carbons (Fsp3) is 0.118. The minimum Gasteiger partial charge on any atom is -0.476 e. The number of thiazole rings is 1. The van der Waals surface area contributed by atoms with Gasteiger partial charge >= 0.3 is 5.97 Å². The van der Waals surface area contributed by atoms with Crippen molar-refractivity contribution in [3.05, 3.63) is 65.6 Å². The summed E-state index contributed by atoms with van der Waals surface area (Å²) in [5.41, 5.74) is 1.23. The maximum atomic E-state index is 11.1. The second-order valence-corrected chi connectivity index (χ2v) is 5.49. The molecule has 0 atom stereocenters. The molecular formula is C17H16N4O3S. The molecule has 0 radical (unpaired) electrons. The molecule has 3 aromatic rings. The highest BCUT2D eigenvalue weighted by Crippen LogP contribution is 2.20. The molecule has 0 spiro atoms. The van der Waals surface area contributed by atoms with E-state index in [1.165, 1.54) is 16.7 Å². The molecule has 8 heteroatoms. The number of pyridine rings is 2. The Bertz CT molecular complexity index is 822. The molecule has 0 saturated heterocycles. The molecular weight excluding hydrogens is 340 g/mol. The van der Waals surface area contributed by atoms with Gasteiger partial charge in [0, 0.05) is 24.3 Å². The molecule has 3 aromatic heterocycles. The predicted octanol–water partition coefficient (Wildman–Crippen LogP) is 2.73. The van der Waals surface area contributed by atoms with Gasteiger partial charge in [-0.3, -0.25) is 14.8 Å². The minimum absolute atomic E-state index is 0.0654. The molecule has 3 heterocycles. The maximum Gasteiger partial charge on any atom is 0.355 e. The van der Waals surface area contributed by atoms with E-state index in [1.807, 2.05) is 13.0 Å². The summed E-state index contributed by atoms with van der Waals surface area (Å²) in [4.78, 5) is 33.5. The Morgan fingerprint density at radius 2 is 1.80 bits per heavy atom. The molecule has 0 saturated carbocycles. The third-order valence-electron chi connectivity index (χ3n) is 2.84. The minimum atomic E-state index is -1.01. The third-order valence-corrected chi connectivity index (χ3v) is 3.71. The third kappa shape index (κ3) is 5.47. The number of carboxylic acid groups (broad SMARTS) is 1. The van der Waals surface area contributed by atoms with Gasteiger partial charge in [-0.25, -0.2) is 9.78 Å². The first-order chi connectivity index (χ1) is 12.1. The number of nitrogens with one attached hydrogen (secondary N) is 1. The molecule has 0 bridgehead atoms. The van der Waals surface area contributed by atoms with Crippen LogP contribution in [-0.4, -0.2) is 38.5 Å². The van der Waals surface area contributed by atoms with Crippen molar-refractivity contribution in [1.82, 2.24) is 20.3 Å². The summed E-state index contributed by atoms with van der Waals surface area (Å²) in [6.45, 7) is 2.51. The summed E-state index contributed by atoms with van der Waals surface area (Å²) < 4.78 is 0. The molecule has 0 aliphatic carbocycles. The first-order valence-corrected chi connectivity index (χ1v) is 8.29. The van der Waals surface area contributed by atoms with Crippen LogP contribution in [0.25, 0.3) is 10.7 Å². The van der Waals surface area contributed by atoms with Gasteiger partial charge in [-0.15, -0.1) is 11.3 Å². The largest absolute Gasteiger partial charge is 0.476 e. The smallest absolute Gasteiger partial charge is 0.355 e. The van der Waals surface area contributed by atoms with E-state index in [-0.39, 0.29) is 11.6 Å². The molecule has 0 aliphatic rings. The first kappa shape index (κ1) is 18.2. The fourth-order valence-electron chi connectivity index (χ4n) is 1.73. The van der Waals surface area contributed by atoms with Crippen LogP contribution in [0.1, 0.15) is 27.9 Å². The number of hydrogen-bond acceptors (Lipinski definition) is 6. The number of carboxylic acids is 1. The van der Waals surface area contributed by atoms with Crippen LogP contribution in [0.3, 0.4) is 0 Å². The Morgan fingerprint density at radius 1 is 1.08 bits per heavy atom. The Morgan fingerprint density at radius 3 is 2.32 bits per heavy atom. The van der Waals surface area contributed by atoms with Crippen LogP contribution in [0.4, 0.5) is 0 Å². The normalized spacial score (nSPS) is 9.64. The number of aromatic nitrogens is 3. The highest BCUT2D eigenvalue weighted by atomic mass is 32.1. The Kier molecular flexibility index (Phi) is 6.73. The van der Waals surface area contributed by atoms with E-state index >= 15 is 0 Å². The number of rotatable bonds is 4. The van der Waals surface area contributed by atoms with Crippen LogP contribution in [0.5, 0.6) is 0 Å². The van der Waals surface area contributed by atoms with Gasteiger partial charge in [0.05, 0.1) is 5.69 Å². The van der Waals surface area contributed by atoms with Crippen LogP contribution < -0.4 is 5.32 Å². The average Bonchev–Trinajstić information content (AvgIpc) is 3.15. The zero-order valence-corrected chi connectivity index (χ0v) is 14.2. The standard InChI is InChI=1S/C9H6N2O2S.C8H10N2O/c12-9(13)7-5-14-8(11-7)6-3-1-2-4-10-6;1-2-9-8(11)7-5-3-4-6-10-7/h1-5H,(H,12,13);3-6H,2H2,1H3,(H,9,11). The van der Waals surface area contributed by atoms with Crippen molar-refractivity contribution in [3.63, 3.8) is 0 Å². The van der Waals surface area contributed by atoms with Gasteiger partial charge in [0.25, 0.3) is 5.91 Å². The van der Waals surface area contributed by atoms with E-state index in [2.05, 4.69) is 20.3 Å². The number of aromatic carboxylic acids is 1. The van der Waals surface area contributed by atoms with E-state index in [0.717, 1.165) is 0 Å². The fourth-order valence-corrected chi connectivity index (χ4v) is 2.50. The molecule has 0 aliphatic heterocycles. The van der Waals surface area contributed by atoms with E-state index in [0.29, 0.717) is 22.9 Å². The number of carbonyl (C=O) groups excluding carboxylic acids is 1. The topological polar surface area (TPSA) is 105 Å². The van der Waals surface area contributed by atoms with E-state index in [9.17, 15) is 9.59 Å². The van der Waals surface area contributed by atoms with Crippen molar-refractivity contribution < 1.29 is 14.7 Å². The van der Waals surface area contributed by atoms with Gasteiger partial charge in [0.2, 0.25) is 0 Å². The summed E-state index contributed by atoms with van der Waals surface area (Å²) in [7, 11) is 0. The highest BCUT2D eigenvalue weighted by molar-refractivity contribution is 7.13. The summed E-state index contributed by atoms with van der Waals surface area (Å²) in [5.74, 6) is -1.13. The van der Waals surface area contributed by atoms with Gasteiger partial charge in [0.1, 0.15) is 10.7 Å². The van der Waals surface area contributed by atoms with Gasteiger partial charge in [-0.05, 0) is 31.2 Å². The average molecular weight is 356 g/mol. The van der Waals surface area contributed by atoms with Crippen molar-refractivity contribution in [1.29, 1.82) is 0 Å². The predicted molar refractivity (Wildman–Crippen MR) is 94.5 cm³/mol. The molecule has 3 rings (SSSR count). The van der Waals surface area contributed by atoms with Gasteiger partial charge in [0.15, 0.2) is 5.69 Å². The molecule has 2 N–H and O–H groups in total. The molecule has 0 unspecified atom stereocenters. The van der Waals surface area contributed by atoms with Crippen molar-refractivity contribution in [2.45, 2.75) is 6.92 Å². The monoisotopic (exact) mass is 356 g/mol. The SMILES string of the molecule is CCNC(=O)c1ccccn1.O=C(O)c1csc(-c2ccccn2)n1. The summed E-state index contributed by atoms with van der Waals surface area (Å²) in [6, 6.07) is 10.7. The van der Waals surface area contributed by atoms with Crippen molar-refractivity contribution in [3.8, 4) is 10.7 Å². The Labute approximate surface area is 148 Å². The summed E-state index contributed by atoms with van der Waals surface area (Å²) >= 11 is 1.28. The lowest BCUT2D eigenvalue weighted by Crippen LogP contribution is -2.23. The summed E-state index contributed by atoms with van der Waals surface area (Å²) in [5, 5.41) is 13.5. The molecule has 0 aromatic carbocycles. The highest BCUT2D eigenvalue weighted by Gasteiger charge is 2.10. The quantitative estimate of drug-likeness (QED) is 0.745. The first-order valence-electron chi connectivity index (χ1n) is 7.41. The molecule has 25 heavy (non-hydrogen) atoms. The van der Waals surface area contributed by atoms with Gasteiger partial charge < -0.3 is 10.4 Å². The van der Waals surface area contributed by atoms with Crippen LogP contribution in [0, 0.1) is 0 Å². The van der Waals surface area contributed by atoms with Crippen LogP contribution >= 0.6 is 11.3 Å². The maximum absolute atomic E-state index is 11.1. The van der Waals surface area contributed by atoms with Crippen LogP contribution in [0.2, 0.25) is 0 Å². The lowest BCUT2D eigenvalue weighted by molar-refractivity contribution is 0.0691. The zero-order valence-electron chi connectivity index (χ0n) is 13.4. The van der Waals surface area contributed by atoms with Gasteiger partial charge in [-0.1, -0.05) is 12.1 Å². The van der Waals surface area contributed by atoms with E-state index in [1.54, 1.807) is 42.7 Å². The number of carbonyl (C=O) groups is 2. The lowest BCUT2D eigenvalue weighted by atomic mass is 10.3. The van der Waals surface area contributed by atoms with E-state index in [4.69, 9.17) is 5.11 Å².